The lowest BCUT2D eigenvalue weighted by atomic mass is 10.1. The summed E-state index contributed by atoms with van der Waals surface area (Å²) in [6.07, 6.45) is 4.19. The summed E-state index contributed by atoms with van der Waals surface area (Å²) < 4.78 is 0. The van der Waals surface area contributed by atoms with Crippen molar-refractivity contribution in [3.63, 3.8) is 0 Å². The number of nitrogens with zero attached hydrogens (tertiary/aromatic N) is 1. The van der Waals surface area contributed by atoms with E-state index in [1.54, 1.807) is 17.9 Å². The number of hydrogen-bond acceptors (Lipinski definition) is 2. The van der Waals surface area contributed by atoms with Gasteiger partial charge in [0.05, 0.1) is 0 Å². The fourth-order valence-corrected chi connectivity index (χ4v) is 1.69. The van der Waals surface area contributed by atoms with E-state index in [1.807, 2.05) is 0 Å². The number of aliphatic carboxylic acids is 1. The molecule has 1 heterocycles. The highest BCUT2D eigenvalue weighted by Gasteiger charge is 2.26. The number of carbonyl (C=O) groups is 2. The molecule has 1 unspecified atom stereocenters. The first-order chi connectivity index (χ1) is 6.63. The van der Waals surface area contributed by atoms with Crippen LogP contribution in [0.25, 0.3) is 0 Å². The summed E-state index contributed by atoms with van der Waals surface area (Å²) in [4.78, 5) is 23.5. The maximum Gasteiger partial charge on any atom is 0.303 e. The zero-order valence-corrected chi connectivity index (χ0v) is 8.27. The van der Waals surface area contributed by atoms with E-state index < -0.39 is 5.97 Å². The van der Waals surface area contributed by atoms with Crippen LogP contribution in [-0.2, 0) is 9.59 Å². The van der Waals surface area contributed by atoms with E-state index in [0.717, 1.165) is 6.42 Å². The quantitative estimate of drug-likeness (QED) is 0.683. The number of likely N-dealkylation sites (tertiary alicyclic amines) is 1. The van der Waals surface area contributed by atoms with Gasteiger partial charge in [-0.05, 0) is 25.3 Å². The fraction of sp³-hybridized carbons (Fsp3) is 0.600. The Kier molecular flexibility index (Phi) is 3.68. The molecule has 1 rings (SSSR count). The molecule has 1 aliphatic rings. The first-order valence-electron chi connectivity index (χ1n) is 4.77. The van der Waals surface area contributed by atoms with Gasteiger partial charge < -0.3 is 10.0 Å². The van der Waals surface area contributed by atoms with Crippen LogP contribution in [0.4, 0.5) is 0 Å². The maximum absolute atomic E-state index is 11.4. The Bertz CT molecular complexity index is 260. The molecule has 0 aromatic rings. The molecule has 0 spiro atoms. The van der Waals surface area contributed by atoms with Gasteiger partial charge >= 0.3 is 5.97 Å². The van der Waals surface area contributed by atoms with Gasteiger partial charge in [-0.1, -0.05) is 6.08 Å². The van der Waals surface area contributed by atoms with E-state index in [-0.39, 0.29) is 18.2 Å². The van der Waals surface area contributed by atoms with Gasteiger partial charge in [-0.25, -0.2) is 0 Å². The van der Waals surface area contributed by atoms with Crippen molar-refractivity contribution in [3.05, 3.63) is 12.2 Å². The molecule has 14 heavy (non-hydrogen) atoms. The van der Waals surface area contributed by atoms with Gasteiger partial charge in [0.15, 0.2) is 0 Å². The van der Waals surface area contributed by atoms with E-state index in [2.05, 4.69) is 0 Å². The van der Waals surface area contributed by atoms with Crippen molar-refractivity contribution in [2.45, 2.75) is 19.8 Å². The monoisotopic (exact) mass is 197 g/mol. The summed E-state index contributed by atoms with van der Waals surface area (Å²) in [6.45, 7) is 3.05. The van der Waals surface area contributed by atoms with Crippen molar-refractivity contribution >= 4 is 11.9 Å². The first kappa shape index (κ1) is 10.8. The van der Waals surface area contributed by atoms with Gasteiger partial charge in [-0.3, -0.25) is 9.59 Å². The normalized spacial score (nSPS) is 21.8. The lowest BCUT2D eigenvalue weighted by Gasteiger charge is -2.13. The minimum absolute atomic E-state index is 0.0135. The molecule has 1 atom stereocenters. The summed E-state index contributed by atoms with van der Waals surface area (Å²) in [5.74, 6) is -0.669. The molecule has 4 heteroatoms. The Labute approximate surface area is 83.2 Å². The predicted octanol–water partition coefficient (Wildman–Crippen LogP) is 0.886. The Morgan fingerprint density at radius 2 is 2.29 bits per heavy atom. The molecule has 78 valence electrons. The highest BCUT2D eigenvalue weighted by Crippen LogP contribution is 2.19. The van der Waals surface area contributed by atoms with Crippen LogP contribution >= 0.6 is 0 Å². The summed E-state index contributed by atoms with van der Waals surface area (Å²) in [7, 11) is 0. The molecule has 1 N–H and O–H groups in total. The molecule has 0 aromatic heterocycles. The van der Waals surface area contributed by atoms with Gasteiger partial charge in [0.25, 0.3) is 0 Å². The standard InChI is InChI=1S/C10H15NO3/c1-2-3-9(12)11-5-4-8(7-11)6-10(13)14/h2-3,8H,4-7H2,1H3,(H,13,14). The van der Waals surface area contributed by atoms with Gasteiger partial charge in [0.2, 0.25) is 5.91 Å². The second-order valence-electron chi connectivity index (χ2n) is 3.54. The van der Waals surface area contributed by atoms with Crippen LogP contribution in [0.2, 0.25) is 0 Å². The van der Waals surface area contributed by atoms with Crippen LogP contribution in [0.5, 0.6) is 0 Å². The topological polar surface area (TPSA) is 57.6 Å². The van der Waals surface area contributed by atoms with Crippen LogP contribution < -0.4 is 0 Å². The van der Waals surface area contributed by atoms with Gasteiger partial charge in [-0.15, -0.1) is 0 Å². The predicted molar refractivity (Wildman–Crippen MR) is 51.8 cm³/mol. The van der Waals surface area contributed by atoms with E-state index in [9.17, 15) is 9.59 Å². The Hall–Kier alpha value is -1.32. The van der Waals surface area contributed by atoms with Crippen molar-refractivity contribution in [1.29, 1.82) is 0 Å². The van der Waals surface area contributed by atoms with Gasteiger partial charge in [-0.2, -0.15) is 0 Å². The van der Waals surface area contributed by atoms with Crippen molar-refractivity contribution < 1.29 is 14.7 Å². The molecule has 1 saturated heterocycles. The third kappa shape index (κ3) is 2.87. The van der Waals surface area contributed by atoms with Gasteiger partial charge in [0, 0.05) is 19.5 Å². The summed E-state index contributed by atoms with van der Waals surface area (Å²) in [5, 5.41) is 8.58. The van der Waals surface area contributed by atoms with Crippen LogP contribution in [0.1, 0.15) is 19.8 Å². The molecule has 0 saturated carbocycles. The largest absolute Gasteiger partial charge is 0.481 e. The smallest absolute Gasteiger partial charge is 0.303 e. The third-order valence-electron chi connectivity index (χ3n) is 2.37. The second-order valence-corrected chi connectivity index (χ2v) is 3.54. The summed E-state index contributed by atoms with van der Waals surface area (Å²) >= 11 is 0. The fourth-order valence-electron chi connectivity index (χ4n) is 1.69. The van der Waals surface area contributed by atoms with Gasteiger partial charge in [0.1, 0.15) is 0 Å². The average molecular weight is 197 g/mol. The number of amides is 1. The van der Waals surface area contributed by atoms with E-state index in [0.29, 0.717) is 13.1 Å². The number of hydrogen-bond donors (Lipinski definition) is 1. The first-order valence-corrected chi connectivity index (χ1v) is 4.77. The minimum Gasteiger partial charge on any atom is -0.481 e. The highest BCUT2D eigenvalue weighted by atomic mass is 16.4. The molecule has 1 fully saturated rings. The molecule has 0 aromatic carbocycles. The number of allylic oxidation sites excluding steroid dienone is 1. The number of rotatable bonds is 3. The number of carboxylic acids is 1. The minimum atomic E-state index is -0.782. The third-order valence-corrected chi connectivity index (χ3v) is 2.37. The van der Waals surface area contributed by atoms with E-state index >= 15 is 0 Å². The summed E-state index contributed by atoms with van der Waals surface area (Å²) in [6, 6.07) is 0. The molecular weight excluding hydrogens is 182 g/mol. The molecule has 0 bridgehead atoms. The molecular formula is C10H15NO3. The Morgan fingerprint density at radius 1 is 1.57 bits per heavy atom. The summed E-state index contributed by atoms with van der Waals surface area (Å²) in [5.41, 5.74) is 0. The number of carboxylic acid groups (broad SMARTS) is 1. The SMILES string of the molecule is CC=CC(=O)N1CCC(CC(=O)O)C1. The average Bonchev–Trinajstić information content (AvgIpc) is 2.52. The van der Waals surface area contributed by atoms with Crippen LogP contribution in [0, 0.1) is 5.92 Å². The van der Waals surface area contributed by atoms with Crippen molar-refractivity contribution in [2.75, 3.05) is 13.1 Å². The van der Waals surface area contributed by atoms with Crippen molar-refractivity contribution in [3.8, 4) is 0 Å². The van der Waals surface area contributed by atoms with E-state index in [1.165, 1.54) is 6.08 Å². The molecule has 1 amide bonds. The highest BCUT2D eigenvalue weighted by molar-refractivity contribution is 5.87. The van der Waals surface area contributed by atoms with Crippen LogP contribution in [0.15, 0.2) is 12.2 Å². The maximum atomic E-state index is 11.4. The van der Waals surface area contributed by atoms with Crippen molar-refractivity contribution in [2.24, 2.45) is 5.92 Å². The number of carbonyl (C=O) groups excluding carboxylic acids is 1. The molecule has 0 radical (unpaired) electrons. The zero-order valence-electron chi connectivity index (χ0n) is 8.27. The lowest BCUT2D eigenvalue weighted by Crippen LogP contribution is -2.27. The second kappa shape index (κ2) is 4.79. The Morgan fingerprint density at radius 3 is 2.86 bits per heavy atom. The molecule has 0 aliphatic carbocycles. The Balaban J connectivity index is 2.41. The van der Waals surface area contributed by atoms with E-state index in [4.69, 9.17) is 5.11 Å². The lowest BCUT2D eigenvalue weighted by molar-refractivity contribution is -0.138. The molecule has 1 aliphatic heterocycles. The van der Waals surface area contributed by atoms with Crippen LogP contribution in [0.3, 0.4) is 0 Å². The zero-order chi connectivity index (χ0) is 10.6. The van der Waals surface area contributed by atoms with Crippen LogP contribution in [-0.4, -0.2) is 35.0 Å². The van der Waals surface area contributed by atoms with Crippen molar-refractivity contribution in [1.82, 2.24) is 4.90 Å². The molecule has 4 nitrogen and oxygen atoms in total.